The van der Waals surface area contributed by atoms with Gasteiger partial charge < -0.3 is 24.4 Å². The Morgan fingerprint density at radius 1 is 1.30 bits per heavy atom. The molecule has 0 bridgehead atoms. The van der Waals surface area contributed by atoms with Crippen LogP contribution in [0.1, 0.15) is 44.7 Å². The average molecular weight is 459 g/mol. The van der Waals surface area contributed by atoms with Gasteiger partial charge in [-0.1, -0.05) is 0 Å². The molecule has 1 saturated carbocycles. The number of halogens is 1. The van der Waals surface area contributed by atoms with Gasteiger partial charge in [-0.3, -0.25) is 9.59 Å². The molecule has 2 atom stereocenters. The number of likely N-dealkylation sites (N-methyl/N-ethyl adjacent to an activating group) is 1. The van der Waals surface area contributed by atoms with E-state index in [9.17, 15) is 9.59 Å². The number of carbonyl (C=O) groups is 1. The van der Waals surface area contributed by atoms with Gasteiger partial charge in [0.25, 0.3) is 5.56 Å². The molecule has 1 aromatic heterocycles. The number of pyridine rings is 1. The number of fused-ring (bicyclic) bond motifs is 1. The van der Waals surface area contributed by atoms with Gasteiger partial charge in [-0.15, -0.1) is 0 Å². The summed E-state index contributed by atoms with van der Waals surface area (Å²) in [5.74, 6) is 0.339. The van der Waals surface area contributed by atoms with E-state index < -0.39 is 0 Å². The zero-order valence-electron chi connectivity index (χ0n) is 20.3. The number of nitrogens with zero attached hydrogens (tertiary/aromatic N) is 3. The molecule has 2 aliphatic rings. The molecule has 1 unspecified atom stereocenters. The number of hydrogen-bond donors (Lipinski definition) is 1. The van der Waals surface area contributed by atoms with E-state index in [4.69, 9.17) is 4.74 Å². The molecule has 1 aliphatic carbocycles. The topological polar surface area (TPSA) is 66.8 Å². The second-order valence-corrected chi connectivity index (χ2v) is 9.81. The van der Waals surface area contributed by atoms with E-state index in [1.165, 1.54) is 19.1 Å². The van der Waals surface area contributed by atoms with Crippen LogP contribution in [0, 0.1) is 18.7 Å². The number of aromatic nitrogens is 1. The lowest BCUT2D eigenvalue weighted by molar-refractivity contribution is -0.119. The van der Waals surface area contributed by atoms with Gasteiger partial charge >= 0.3 is 0 Å². The summed E-state index contributed by atoms with van der Waals surface area (Å²) in [6, 6.07) is 3.23. The van der Waals surface area contributed by atoms with Crippen molar-refractivity contribution in [3.63, 3.8) is 0 Å². The number of hydrogen-bond acceptors (Lipinski definition) is 5. The van der Waals surface area contributed by atoms with Gasteiger partial charge in [0.05, 0.1) is 11.2 Å². The maximum absolute atomic E-state index is 15.6. The lowest BCUT2D eigenvalue weighted by atomic mass is 10.0. The van der Waals surface area contributed by atoms with Crippen molar-refractivity contribution in [3.05, 3.63) is 33.9 Å². The molecule has 0 spiro atoms. The highest BCUT2D eigenvalue weighted by molar-refractivity contribution is 5.92. The Labute approximate surface area is 194 Å². The van der Waals surface area contributed by atoms with Crippen LogP contribution in [-0.2, 0) is 4.79 Å². The largest absolute Gasteiger partial charge is 0.491 e. The van der Waals surface area contributed by atoms with Crippen molar-refractivity contribution in [1.29, 1.82) is 0 Å². The van der Waals surface area contributed by atoms with E-state index in [1.54, 1.807) is 0 Å². The van der Waals surface area contributed by atoms with Crippen LogP contribution in [0.4, 0.5) is 10.1 Å². The summed E-state index contributed by atoms with van der Waals surface area (Å²) in [6.45, 7) is 7.93. The molecule has 2 fully saturated rings. The number of carbonyl (C=O) groups excluding carboxylic acids is 1. The first-order valence-electron chi connectivity index (χ1n) is 11.8. The first kappa shape index (κ1) is 23.5. The number of amides is 1. The zero-order chi connectivity index (χ0) is 23.9. The van der Waals surface area contributed by atoms with Gasteiger partial charge in [0.2, 0.25) is 5.91 Å². The van der Waals surface area contributed by atoms with Crippen LogP contribution in [0.3, 0.4) is 0 Å². The molecule has 1 aromatic carbocycles. The van der Waals surface area contributed by atoms with Crippen LogP contribution in [0.25, 0.3) is 10.9 Å². The summed E-state index contributed by atoms with van der Waals surface area (Å²) in [6.07, 6.45) is 2.80. The SMILES string of the molecule is CC(=O)N[C@@H](C)C1CCN(c2c(F)cc3c(OCCN(C)C)cc(=O)n(C4CC4)c3c2C)C1. The normalized spacial score (nSPS) is 19.4. The number of anilines is 1. The standard InChI is InChI=1S/C25H35FN4O3/c1-15-24-20(22(33-11-10-28(4)5)13-23(32)30(24)19-6-7-19)12-21(26)25(15)29-9-8-18(14-29)16(2)27-17(3)31/h12-13,16,18-19H,6-11,14H2,1-5H3,(H,27,31)/t16-,18?/m0/s1. The molecule has 1 amide bonds. The third kappa shape index (κ3) is 4.86. The fourth-order valence-corrected chi connectivity index (χ4v) is 5.00. The summed E-state index contributed by atoms with van der Waals surface area (Å²) in [5, 5.41) is 3.62. The Kier molecular flexibility index (Phi) is 6.66. The van der Waals surface area contributed by atoms with Gasteiger partial charge in [-0.25, -0.2) is 4.39 Å². The van der Waals surface area contributed by atoms with E-state index in [0.717, 1.165) is 30.3 Å². The van der Waals surface area contributed by atoms with Gasteiger partial charge in [0, 0.05) is 50.1 Å². The fourth-order valence-electron chi connectivity index (χ4n) is 5.00. The molecule has 0 radical (unpaired) electrons. The van der Waals surface area contributed by atoms with E-state index in [0.29, 0.717) is 43.1 Å². The second-order valence-electron chi connectivity index (χ2n) is 9.81. The molecular formula is C25H35FN4O3. The van der Waals surface area contributed by atoms with Crippen LogP contribution in [-0.4, -0.2) is 61.8 Å². The number of rotatable bonds is 8. The van der Waals surface area contributed by atoms with Gasteiger partial charge in [-0.05, 0) is 64.8 Å². The predicted octanol–water partition coefficient (Wildman–Crippen LogP) is 3.08. The van der Waals surface area contributed by atoms with Crippen molar-refractivity contribution in [2.75, 3.05) is 45.2 Å². The molecule has 2 heterocycles. The van der Waals surface area contributed by atoms with E-state index >= 15 is 4.39 Å². The second kappa shape index (κ2) is 9.33. The first-order valence-corrected chi connectivity index (χ1v) is 11.8. The third-order valence-electron chi connectivity index (χ3n) is 6.85. The average Bonchev–Trinajstić information content (AvgIpc) is 3.44. The molecule has 33 heavy (non-hydrogen) atoms. The van der Waals surface area contributed by atoms with Gasteiger partial charge in [-0.2, -0.15) is 0 Å². The van der Waals surface area contributed by atoms with Crippen LogP contribution < -0.4 is 20.5 Å². The van der Waals surface area contributed by atoms with Crippen molar-refractivity contribution in [3.8, 4) is 5.75 Å². The molecule has 180 valence electrons. The summed E-state index contributed by atoms with van der Waals surface area (Å²) < 4.78 is 23.4. The Morgan fingerprint density at radius 3 is 2.67 bits per heavy atom. The summed E-state index contributed by atoms with van der Waals surface area (Å²) in [7, 11) is 3.91. The smallest absolute Gasteiger partial charge is 0.255 e. The van der Waals surface area contributed by atoms with Crippen molar-refractivity contribution in [1.82, 2.24) is 14.8 Å². The zero-order valence-corrected chi connectivity index (χ0v) is 20.3. The van der Waals surface area contributed by atoms with Crippen LogP contribution in [0.15, 0.2) is 16.9 Å². The van der Waals surface area contributed by atoms with E-state index in [2.05, 4.69) is 10.2 Å². The lowest BCUT2D eigenvalue weighted by Gasteiger charge is -2.26. The minimum Gasteiger partial charge on any atom is -0.491 e. The van der Waals surface area contributed by atoms with Crippen molar-refractivity contribution in [2.24, 2.45) is 5.92 Å². The number of benzene rings is 1. The van der Waals surface area contributed by atoms with Gasteiger partial charge in [0.15, 0.2) is 0 Å². The Hall–Kier alpha value is -2.61. The van der Waals surface area contributed by atoms with Crippen LogP contribution in [0.5, 0.6) is 5.75 Å². The summed E-state index contributed by atoms with van der Waals surface area (Å²) >= 11 is 0. The minimum absolute atomic E-state index is 0.0256. The minimum atomic E-state index is -0.300. The molecule has 7 nitrogen and oxygen atoms in total. The molecule has 2 aromatic rings. The lowest BCUT2D eigenvalue weighted by Crippen LogP contribution is -2.38. The Bertz CT molecular complexity index is 1110. The number of ether oxygens (including phenoxy) is 1. The van der Waals surface area contributed by atoms with Crippen LogP contribution >= 0.6 is 0 Å². The van der Waals surface area contributed by atoms with Crippen LogP contribution in [0.2, 0.25) is 0 Å². The molecule has 8 heteroatoms. The van der Waals surface area contributed by atoms with Gasteiger partial charge in [0.1, 0.15) is 18.2 Å². The number of nitrogens with one attached hydrogen (secondary N) is 1. The van der Waals surface area contributed by atoms with E-state index in [1.807, 2.05) is 37.4 Å². The van der Waals surface area contributed by atoms with Crippen molar-refractivity contribution < 1.29 is 13.9 Å². The first-order chi connectivity index (χ1) is 15.7. The Balaban J connectivity index is 1.74. The highest BCUT2D eigenvalue weighted by atomic mass is 19.1. The number of aryl methyl sites for hydroxylation is 1. The maximum atomic E-state index is 15.6. The maximum Gasteiger partial charge on any atom is 0.255 e. The third-order valence-corrected chi connectivity index (χ3v) is 6.85. The summed E-state index contributed by atoms with van der Waals surface area (Å²) in [4.78, 5) is 28.6. The molecule has 1 aliphatic heterocycles. The van der Waals surface area contributed by atoms with Crippen molar-refractivity contribution in [2.45, 2.75) is 52.1 Å². The highest BCUT2D eigenvalue weighted by Crippen LogP contribution is 2.42. The molecule has 1 N–H and O–H groups in total. The molecule has 4 rings (SSSR count). The van der Waals surface area contributed by atoms with E-state index in [-0.39, 0.29) is 35.3 Å². The monoisotopic (exact) mass is 458 g/mol. The molecule has 1 saturated heterocycles. The fraction of sp³-hybridized carbons (Fsp3) is 0.600. The molecular weight excluding hydrogens is 423 g/mol. The summed E-state index contributed by atoms with van der Waals surface area (Å²) in [5.41, 5.74) is 2.02. The Morgan fingerprint density at radius 2 is 2.03 bits per heavy atom. The predicted molar refractivity (Wildman–Crippen MR) is 129 cm³/mol. The van der Waals surface area contributed by atoms with Crippen molar-refractivity contribution >= 4 is 22.5 Å². The quantitative estimate of drug-likeness (QED) is 0.659. The highest BCUT2D eigenvalue weighted by Gasteiger charge is 2.33.